The number of hydrogen-bond donors (Lipinski definition) is 3. The zero-order chi connectivity index (χ0) is 24.8. The maximum absolute atomic E-state index is 12.1. The van der Waals surface area contributed by atoms with Crippen LogP contribution < -0.4 is 15.5 Å². The van der Waals surface area contributed by atoms with Crippen LogP contribution in [0.25, 0.3) is 0 Å². The summed E-state index contributed by atoms with van der Waals surface area (Å²) in [6.45, 7) is 5.23. The number of anilines is 2. The third-order valence-electron chi connectivity index (χ3n) is 6.65. The molecule has 0 atom stereocenters. The summed E-state index contributed by atoms with van der Waals surface area (Å²) in [6.07, 6.45) is 1.56. The SMILES string of the molecule is CC(C)NC(=O)Nc1ccc(N2CCC(C(O)(c3ccccc3)c3ccccc3)CC2)c(C#N)c1. The number of carbonyl (C=O) groups excluding carboxylic acids is 1. The molecule has 0 aliphatic carbocycles. The first-order valence-corrected chi connectivity index (χ1v) is 12.1. The van der Waals surface area contributed by atoms with Crippen LogP contribution in [0, 0.1) is 17.2 Å². The Morgan fingerprint density at radius 2 is 1.57 bits per heavy atom. The van der Waals surface area contributed by atoms with Crippen LogP contribution in [0.3, 0.4) is 0 Å². The minimum Gasteiger partial charge on any atom is -0.380 e. The summed E-state index contributed by atoms with van der Waals surface area (Å²) in [6, 6.07) is 27.2. The van der Waals surface area contributed by atoms with E-state index in [4.69, 9.17) is 0 Å². The lowest BCUT2D eigenvalue weighted by atomic mass is 9.72. The van der Waals surface area contributed by atoms with Crippen molar-refractivity contribution in [2.75, 3.05) is 23.3 Å². The number of aliphatic hydroxyl groups is 1. The predicted octanol–water partition coefficient (Wildman–Crippen LogP) is 5.24. The normalized spacial score (nSPS) is 14.4. The zero-order valence-electron chi connectivity index (χ0n) is 20.2. The van der Waals surface area contributed by atoms with E-state index in [-0.39, 0.29) is 18.0 Å². The van der Waals surface area contributed by atoms with Crippen molar-refractivity contribution in [3.8, 4) is 6.07 Å². The van der Waals surface area contributed by atoms with Gasteiger partial charge in [-0.3, -0.25) is 0 Å². The lowest BCUT2D eigenvalue weighted by Crippen LogP contribution is -2.44. The summed E-state index contributed by atoms with van der Waals surface area (Å²) in [5.41, 5.74) is 2.68. The molecule has 35 heavy (non-hydrogen) atoms. The molecule has 1 saturated heterocycles. The fourth-order valence-corrected chi connectivity index (χ4v) is 4.97. The largest absolute Gasteiger partial charge is 0.380 e. The van der Waals surface area contributed by atoms with Gasteiger partial charge in [-0.2, -0.15) is 5.26 Å². The topological polar surface area (TPSA) is 88.4 Å². The average molecular weight is 469 g/mol. The Hall–Kier alpha value is -3.82. The van der Waals surface area contributed by atoms with Crippen molar-refractivity contribution in [1.29, 1.82) is 5.26 Å². The molecule has 0 radical (unpaired) electrons. The van der Waals surface area contributed by atoms with Gasteiger partial charge in [-0.25, -0.2) is 4.79 Å². The molecule has 3 aromatic carbocycles. The van der Waals surface area contributed by atoms with E-state index in [1.54, 1.807) is 6.07 Å². The van der Waals surface area contributed by atoms with E-state index in [9.17, 15) is 15.2 Å². The summed E-state index contributed by atoms with van der Waals surface area (Å²) in [4.78, 5) is 14.2. The summed E-state index contributed by atoms with van der Waals surface area (Å²) >= 11 is 0. The van der Waals surface area contributed by atoms with Crippen LogP contribution in [-0.4, -0.2) is 30.3 Å². The first-order chi connectivity index (χ1) is 16.9. The zero-order valence-corrected chi connectivity index (χ0v) is 20.2. The molecular formula is C29H32N4O2. The molecular weight excluding hydrogens is 436 g/mol. The summed E-state index contributed by atoms with van der Waals surface area (Å²) in [5.74, 6) is 0.0368. The molecule has 0 bridgehead atoms. The van der Waals surface area contributed by atoms with Gasteiger partial charge in [-0.15, -0.1) is 0 Å². The molecule has 0 spiro atoms. The highest BCUT2D eigenvalue weighted by Crippen LogP contribution is 2.42. The molecule has 6 nitrogen and oxygen atoms in total. The van der Waals surface area contributed by atoms with Crippen LogP contribution in [0.15, 0.2) is 78.9 Å². The summed E-state index contributed by atoms with van der Waals surface area (Å²) < 4.78 is 0. The van der Waals surface area contributed by atoms with Gasteiger partial charge in [0, 0.05) is 24.8 Å². The molecule has 1 aliphatic rings. The van der Waals surface area contributed by atoms with Crippen molar-refractivity contribution in [3.63, 3.8) is 0 Å². The summed E-state index contributed by atoms with van der Waals surface area (Å²) in [5, 5.41) is 27.5. The molecule has 1 heterocycles. The van der Waals surface area contributed by atoms with Gasteiger partial charge in [0.05, 0.1) is 11.3 Å². The van der Waals surface area contributed by atoms with E-state index in [1.807, 2.05) is 86.6 Å². The van der Waals surface area contributed by atoms with Gasteiger partial charge in [0.25, 0.3) is 0 Å². The lowest BCUT2D eigenvalue weighted by molar-refractivity contribution is 0.00505. The molecule has 2 amide bonds. The van der Waals surface area contributed by atoms with Gasteiger partial charge in [0.15, 0.2) is 0 Å². The number of nitrogens with zero attached hydrogens (tertiary/aromatic N) is 2. The molecule has 0 unspecified atom stereocenters. The molecule has 1 fully saturated rings. The van der Waals surface area contributed by atoms with Crippen LogP contribution >= 0.6 is 0 Å². The van der Waals surface area contributed by atoms with Gasteiger partial charge in [-0.1, -0.05) is 60.7 Å². The molecule has 4 rings (SSSR count). The molecule has 180 valence electrons. The Morgan fingerprint density at radius 1 is 1.00 bits per heavy atom. The number of urea groups is 1. The van der Waals surface area contributed by atoms with E-state index in [0.29, 0.717) is 11.3 Å². The number of amides is 2. The number of carbonyl (C=O) groups is 1. The van der Waals surface area contributed by atoms with Crippen molar-refractivity contribution in [2.45, 2.75) is 38.3 Å². The molecule has 3 N–H and O–H groups in total. The Balaban J connectivity index is 1.53. The highest BCUT2D eigenvalue weighted by molar-refractivity contribution is 5.90. The molecule has 0 saturated carbocycles. The molecule has 0 aromatic heterocycles. The smallest absolute Gasteiger partial charge is 0.319 e. The van der Waals surface area contributed by atoms with Crippen LogP contribution in [0.1, 0.15) is 43.4 Å². The fraction of sp³-hybridized carbons (Fsp3) is 0.310. The van der Waals surface area contributed by atoms with Crippen LogP contribution in [0.5, 0.6) is 0 Å². The van der Waals surface area contributed by atoms with Crippen LogP contribution in [0.4, 0.5) is 16.2 Å². The van der Waals surface area contributed by atoms with E-state index in [1.165, 1.54) is 0 Å². The minimum absolute atomic E-state index is 0.0245. The highest BCUT2D eigenvalue weighted by Gasteiger charge is 2.41. The van der Waals surface area contributed by atoms with Gasteiger partial charge >= 0.3 is 6.03 Å². The first-order valence-electron chi connectivity index (χ1n) is 12.1. The second-order valence-corrected chi connectivity index (χ2v) is 9.36. The third kappa shape index (κ3) is 5.31. The monoisotopic (exact) mass is 468 g/mol. The number of nitrogens with one attached hydrogen (secondary N) is 2. The van der Waals surface area contributed by atoms with Crippen molar-refractivity contribution in [2.24, 2.45) is 5.92 Å². The minimum atomic E-state index is -1.08. The van der Waals surface area contributed by atoms with Crippen molar-refractivity contribution in [1.82, 2.24) is 5.32 Å². The second kappa shape index (κ2) is 10.6. The van der Waals surface area contributed by atoms with Gasteiger partial charge in [-0.05, 0) is 61.9 Å². The van der Waals surface area contributed by atoms with Crippen molar-refractivity contribution < 1.29 is 9.90 Å². The van der Waals surface area contributed by atoms with E-state index in [0.717, 1.165) is 42.7 Å². The fourth-order valence-electron chi connectivity index (χ4n) is 4.97. The lowest BCUT2D eigenvalue weighted by Gasteiger charge is -2.43. The molecule has 3 aromatic rings. The number of nitriles is 1. The predicted molar refractivity (Wildman–Crippen MR) is 139 cm³/mol. The maximum Gasteiger partial charge on any atom is 0.319 e. The van der Waals surface area contributed by atoms with E-state index < -0.39 is 5.60 Å². The van der Waals surface area contributed by atoms with Crippen LogP contribution in [0.2, 0.25) is 0 Å². The van der Waals surface area contributed by atoms with E-state index in [2.05, 4.69) is 21.6 Å². The Bertz CT molecular complexity index is 1140. The number of hydrogen-bond acceptors (Lipinski definition) is 4. The van der Waals surface area contributed by atoms with Crippen molar-refractivity contribution in [3.05, 3.63) is 95.6 Å². The first kappa shape index (κ1) is 24.3. The van der Waals surface area contributed by atoms with Crippen molar-refractivity contribution >= 4 is 17.4 Å². The highest BCUT2D eigenvalue weighted by atomic mass is 16.3. The Kier molecular flexibility index (Phi) is 7.38. The number of rotatable bonds is 6. The second-order valence-electron chi connectivity index (χ2n) is 9.36. The van der Waals surface area contributed by atoms with Gasteiger partial charge < -0.3 is 20.6 Å². The van der Waals surface area contributed by atoms with E-state index >= 15 is 0 Å². The quantitative estimate of drug-likeness (QED) is 0.462. The standard InChI is InChI=1S/C29H32N4O2/c1-21(2)31-28(34)32-26-13-14-27(22(19-26)20-30)33-17-15-25(16-18-33)29(35,23-9-5-3-6-10-23)24-11-7-4-8-12-24/h3-14,19,21,25,35H,15-18H2,1-2H3,(H2,31,32,34). The summed E-state index contributed by atoms with van der Waals surface area (Å²) in [7, 11) is 0. The number of benzene rings is 3. The van der Waals surface area contributed by atoms with Gasteiger partial charge in [0.2, 0.25) is 0 Å². The van der Waals surface area contributed by atoms with Crippen LogP contribution in [-0.2, 0) is 5.60 Å². The Morgan fingerprint density at radius 3 is 2.09 bits per heavy atom. The van der Waals surface area contributed by atoms with Gasteiger partial charge in [0.1, 0.15) is 11.7 Å². The Labute approximate surface area is 207 Å². The maximum atomic E-state index is 12.1. The molecule has 1 aliphatic heterocycles. The molecule has 6 heteroatoms. The average Bonchev–Trinajstić information content (AvgIpc) is 2.89. The number of piperidine rings is 1. The third-order valence-corrected chi connectivity index (χ3v) is 6.65.